The number of rotatable bonds is 6. The zero-order chi connectivity index (χ0) is 19.0. The molecule has 0 aromatic heterocycles. The first-order valence-electron chi connectivity index (χ1n) is 8.57. The van der Waals surface area contributed by atoms with Crippen LogP contribution in [0.2, 0.25) is 0 Å². The maximum absolute atomic E-state index is 12.1. The van der Waals surface area contributed by atoms with Crippen LogP contribution in [0.25, 0.3) is 0 Å². The third-order valence-electron chi connectivity index (χ3n) is 3.48. The molecule has 5 nitrogen and oxygen atoms in total. The van der Waals surface area contributed by atoms with Gasteiger partial charge in [0.25, 0.3) is 0 Å². The zero-order valence-electron chi connectivity index (χ0n) is 15.7. The summed E-state index contributed by atoms with van der Waals surface area (Å²) in [5, 5.41) is 2.88. The summed E-state index contributed by atoms with van der Waals surface area (Å²) in [4.78, 5) is 16.6. The Morgan fingerprint density at radius 2 is 1.77 bits per heavy atom. The summed E-state index contributed by atoms with van der Waals surface area (Å²) in [6.45, 7) is 5.51. The molecule has 1 amide bonds. The van der Waals surface area contributed by atoms with Crippen molar-refractivity contribution in [3.05, 3.63) is 60.2 Å². The minimum atomic E-state index is -0.547. The van der Waals surface area contributed by atoms with E-state index in [9.17, 15) is 4.79 Å². The normalized spacial score (nSPS) is 12.6. The second-order valence-corrected chi connectivity index (χ2v) is 6.92. The van der Waals surface area contributed by atoms with Crippen LogP contribution in [0.15, 0.2) is 59.6 Å². The van der Waals surface area contributed by atoms with E-state index in [0.717, 1.165) is 17.0 Å². The summed E-state index contributed by atoms with van der Waals surface area (Å²) < 4.78 is 10.5. The molecule has 0 bridgehead atoms. The Labute approximate surface area is 155 Å². The van der Waals surface area contributed by atoms with Gasteiger partial charge in [-0.1, -0.05) is 30.3 Å². The number of amides is 1. The Morgan fingerprint density at radius 1 is 1.12 bits per heavy atom. The van der Waals surface area contributed by atoms with E-state index in [2.05, 4.69) is 10.3 Å². The number of carbonyl (C=O) groups excluding carboxylic acids is 1. The number of nitrogens with zero attached hydrogens (tertiary/aromatic N) is 1. The lowest BCUT2D eigenvalue weighted by atomic mass is 10.1. The highest BCUT2D eigenvalue weighted by molar-refractivity contribution is 5.77. The molecular formula is C21H26N2O3. The highest BCUT2D eigenvalue weighted by Gasteiger charge is 2.19. The largest absolute Gasteiger partial charge is 0.497 e. The Bertz CT molecular complexity index is 719. The van der Waals surface area contributed by atoms with Gasteiger partial charge in [0, 0.05) is 6.21 Å². The second kappa shape index (κ2) is 9.04. The standard InChI is InChI=1S/C21H26N2O3/c1-21(2,3)26-20(24)23-18(14-16-8-6-5-7-9-16)15-22-17-10-12-19(25-4)13-11-17/h5-13,15,18H,14H2,1-4H3,(H,23,24)/t18-/m0/s1. The first-order valence-corrected chi connectivity index (χ1v) is 8.57. The van der Waals surface area contributed by atoms with E-state index in [1.165, 1.54) is 0 Å². The van der Waals surface area contributed by atoms with Crippen molar-refractivity contribution in [3.63, 3.8) is 0 Å². The number of carbonyl (C=O) groups is 1. The molecule has 0 saturated heterocycles. The van der Waals surface area contributed by atoms with Crippen LogP contribution in [0.5, 0.6) is 5.75 Å². The number of hydrogen-bond donors (Lipinski definition) is 1. The Balaban J connectivity index is 2.10. The molecule has 0 aliphatic carbocycles. The van der Waals surface area contributed by atoms with Crippen molar-refractivity contribution in [2.24, 2.45) is 4.99 Å². The summed E-state index contributed by atoms with van der Waals surface area (Å²) in [6.07, 6.45) is 1.90. The van der Waals surface area contributed by atoms with Gasteiger partial charge in [0.1, 0.15) is 11.4 Å². The Hall–Kier alpha value is -2.82. The fourth-order valence-electron chi connectivity index (χ4n) is 2.31. The molecular weight excluding hydrogens is 328 g/mol. The predicted octanol–water partition coefficient (Wildman–Crippen LogP) is 4.53. The lowest BCUT2D eigenvalue weighted by Crippen LogP contribution is -2.41. The Kier molecular flexibility index (Phi) is 6.78. The summed E-state index contributed by atoms with van der Waals surface area (Å²) in [5.41, 5.74) is 1.35. The SMILES string of the molecule is COc1ccc(N=C[C@H](Cc2ccccc2)NC(=O)OC(C)(C)C)cc1. The smallest absolute Gasteiger partial charge is 0.408 e. The number of nitrogens with one attached hydrogen (secondary N) is 1. The van der Waals surface area contributed by atoms with Crippen LogP contribution < -0.4 is 10.1 Å². The molecule has 0 fully saturated rings. The van der Waals surface area contributed by atoms with E-state index in [1.807, 2.05) is 75.4 Å². The third-order valence-corrected chi connectivity index (χ3v) is 3.48. The summed E-state index contributed by atoms with van der Waals surface area (Å²) in [7, 11) is 1.62. The average molecular weight is 354 g/mol. The van der Waals surface area contributed by atoms with Crippen LogP contribution in [0, 0.1) is 0 Å². The third kappa shape index (κ3) is 6.97. The maximum atomic E-state index is 12.1. The number of aliphatic imine (C=N–C) groups is 1. The van der Waals surface area contributed by atoms with Crippen molar-refractivity contribution >= 4 is 18.0 Å². The Morgan fingerprint density at radius 3 is 2.35 bits per heavy atom. The van der Waals surface area contributed by atoms with Crippen LogP contribution >= 0.6 is 0 Å². The van der Waals surface area contributed by atoms with Gasteiger partial charge < -0.3 is 14.8 Å². The zero-order valence-corrected chi connectivity index (χ0v) is 15.7. The van der Waals surface area contributed by atoms with Gasteiger partial charge in [-0.05, 0) is 57.0 Å². The molecule has 0 saturated carbocycles. The minimum Gasteiger partial charge on any atom is -0.497 e. The van der Waals surface area contributed by atoms with Crippen LogP contribution in [0.4, 0.5) is 10.5 Å². The van der Waals surface area contributed by atoms with Crippen molar-refractivity contribution in [2.45, 2.75) is 38.8 Å². The molecule has 26 heavy (non-hydrogen) atoms. The lowest BCUT2D eigenvalue weighted by molar-refractivity contribution is 0.0519. The fourth-order valence-corrected chi connectivity index (χ4v) is 2.31. The second-order valence-electron chi connectivity index (χ2n) is 6.92. The maximum Gasteiger partial charge on any atom is 0.408 e. The van der Waals surface area contributed by atoms with Crippen LogP contribution in [-0.2, 0) is 11.2 Å². The molecule has 0 spiro atoms. The number of methoxy groups -OCH3 is 1. The molecule has 0 aliphatic heterocycles. The predicted molar refractivity (Wildman–Crippen MR) is 104 cm³/mol. The van der Waals surface area contributed by atoms with E-state index in [1.54, 1.807) is 13.3 Å². The van der Waals surface area contributed by atoms with Gasteiger partial charge in [0.15, 0.2) is 0 Å². The van der Waals surface area contributed by atoms with E-state index in [0.29, 0.717) is 6.42 Å². The summed E-state index contributed by atoms with van der Waals surface area (Å²) in [5.74, 6) is 0.775. The molecule has 0 heterocycles. The van der Waals surface area contributed by atoms with E-state index in [-0.39, 0.29) is 6.04 Å². The lowest BCUT2D eigenvalue weighted by Gasteiger charge is -2.22. The molecule has 2 aromatic carbocycles. The van der Waals surface area contributed by atoms with E-state index >= 15 is 0 Å². The molecule has 0 aliphatic rings. The molecule has 1 atom stereocenters. The first-order chi connectivity index (χ1) is 12.4. The molecule has 0 radical (unpaired) electrons. The van der Waals surface area contributed by atoms with Crippen molar-refractivity contribution in [3.8, 4) is 5.75 Å². The number of benzene rings is 2. The average Bonchev–Trinajstić information content (AvgIpc) is 2.59. The highest BCUT2D eigenvalue weighted by Crippen LogP contribution is 2.17. The summed E-state index contributed by atoms with van der Waals surface area (Å²) in [6, 6.07) is 17.1. The molecule has 1 N–H and O–H groups in total. The van der Waals surface area contributed by atoms with Crippen molar-refractivity contribution in [2.75, 3.05) is 7.11 Å². The number of alkyl carbamates (subject to hydrolysis) is 1. The number of ether oxygens (including phenoxy) is 2. The van der Waals surface area contributed by atoms with Gasteiger partial charge in [0.05, 0.1) is 18.8 Å². The van der Waals surface area contributed by atoms with Gasteiger partial charge in [-0.2, -0.15) is 0 Å². The van der Waals surface area contributed by atoms with Gasteiger partial charge in [-0.3, -0.25) is 4.99 Å². The van der Waals surface area contributed by atoms with Crippen LogP contribution in [0.3, 0.4) is 0 Å². The molecule has 2 rings (SSSR count). The van der Waals surface area contributed by atoms with E-state index in [4.69, 9.17) is 9.47 Å². The minimum absolute atomic E-state index is 0.283. The van der Waals surface area contributed by atoms with Gasteiger partial charge in [-0.25, -0.2) is 4.79 Å². The first kappa shape index (κ1) is 19.5. The van der Waals surface area contributed by atoms with Gasteiger partial charge in [-0.15, -0.1) is 0 Å². The van der Waals surface area contributed by atoms with Crippen molar-refractivity contribution in [1.29, 1.82) is 0 Å². The fraction of sp³-hybridized carbons (Fsp3) is 0.333. The molecule has 5 heteroatoms. The van der Waals surface area contributed by atoms with Gasteiger partial charge >= 0.3 is 6.09 Å². The van der Waals surface area contributed by atoms with Crippen LogP contribution in [-0.4, -0.2) is 31.1 Å². The summed E-state index contributed by atoms with van der Waals surface area (Å²) >= 11 is 0. The quantitative estimate of drug-likeness (QED) is 0.775. The topological polar surface area (TPSA) is 59.9 Å². The monoisotopic (exact) mass is 354 g/mol. The van der Waals surface area contributed by atoms with Gasteiger partial charge in [0.2, 0.25) is 0 Å². The van der Waals surface area contributed by atoms with Crippen LogP contribution in [0.1, 0.15) is 26.3 Å². The highest BCUT2D eigenvalue weighted by atomic mass is 16.6. The molecule has 138 valence electrons. The van der Waals surface area contributed by atoms with Crippen molar-refractivity contribution < 1.29 is 14.3 Å². The number of hydrogen-bond acceptors (Lipinski definition) is 4. The molecule has 0 unspecified atom stereocenters. The van der Waals surface area contributed by atoms with E-state index < -0.39 is 11.7 Å². The molecule has 2 aromatic rings. The van der Waals surface area contributed by atoms with Crippen molar-refractivity contribution in [1.82, 2.24) is 5.32 Å².